The fourth-order valence-corrected chi connectivity index (χ4v) is 2.55. The van der Waals surface area contributed by atoms with E-state index in [2.05, 4.69) is 15.5 Å². The second-order valence-electron chi connectivity index (χ2n) is 5.49. The molecule has 0 aromatic heterocycles. The Kier molecular flexibility index (Phi) is 8.67. The molecule has 2 N–H and O–H groups in total. The van der Waals surface area contributed by atoms with E-state index in [1.807, 2.05) is 4.90 Å². The quantitative estimate of drug-likeness (QED) is 0.770. The van der Waals surface area contributed by atoms with E-state index in [1.165, 1.54) is 12.1 Å². The number of hydrogen-bond acceptors (Lipinski definition) is 4. The Morgan fingerprint density at radius 1 is 1.17 bits per heavy atom. The van der Waals surface area contributed by atoms with Crippen molar-refractivity contribution in [2.75, 3.05) is 52.9 Å². The predicted molar refractivity (Wildman–Crippen MR) is 92.9 cm³/mol. The summed E-state index contributed by atoms with van der Waals surface area (Å²) in [5.41, 5.74) is 0.0648. The van der Waals surface area contributed by atoms with E-state index in [0.29, 0.717) is 32.7 Å². The van der Waals surface area contributed by atoms with Crippen LogP contribution in [0, 0.1) is 5.82 Å². The van der Waals surface area contributed by atoms with E-state index in [4.69, 9.17) is 0 Å². The third-order valence-electron chi connectivity index (χ3n) is 3.89. The molecule has 8 heteroatoms. The van der Waals surface area contributed by atoms with Gasteiger partial charge < -0.3 is 15.5 Å². The zero-order valence-corrected chi connectivity index (χ0v) is 14.6. The minimum Gasteiger partial charge on any atom is -0.351 e. The van der Waals surface area contributed by atoms with E-state index in [1.54, 1.807) is 19.2 Å². The summed E-state index contributed by atoms with van der Waals surface area (Å²) in [5.74, 6) is -0.799. The summed E-state index contributed by atoms with van der Waals surface area (Å²) >= 11 is 0. The van der Waals surface area contributed by atoms with E-state index in [0.717, 1.165) is 13.1 Å². The first-order valence-electron chi connectivity index (χ1n) is 7.79. The lowest BCUT2D eigenvalue weighted by atomic mass is 10.2. The van der Waals surface area contributed by atoms with Gasteiger partial charge in [-0.25, -0.2) is 4.39 Å². The molecular formula is C16H24ClFN4O2. The van der Waals surface area contributed by atoms with E-state index < -0.39 is 11.7 Å². The molecule has 0 atom stereocenters. The summed E-state index contributed by atoms with van der Waals surface area (Å²) in [6, 6.07) is 5.94. The first-order valence-corrected chi connectivity index (χ1v) is 7.79. The number of halogens is 2. The summed E-state index contributed by atoms with van der Waals surface area (Å²) in [6.45, 7) is 4.46. The van der Waals surface area contributed by atoms with Crippen LogP contribution in [0.5, 0.6) is 0 Å². The monoisotopic (exact) mass is 358 g/mol. The van der Waals surface area contributed by atoms with Gasteiger partial charge in [0.1, 0.15) is 5.82 Å². The van der Waals surface area contributed by atoms with E-state index in [-0.39, 0.29) is 23.9 Å². The van der Waals surface area contributed by atoms with Crippen LogP contribution < -0.4 is 10.6 Å². The molecule has 1 aliphatic rings. The van der Waals surface area contributed by atoms with Crippen LogP contribution in [0.4, 0.5) is 4.39 Å². The van der Waals surface area contributed by atoms with Crippen LogP contribution in [0.1, 0.15) is 10.4 Å². The average molecular weight is 359 g/mol. The van der Waals surface area contributed by atoms with Gasteiger partial charge in [0.2, 0.25) is 5.91 Å². The Morgan fingerprint density at radius 3 is 2.46 bits per heavy atom. The van der Waals surface area contributed by atoms with Crippen LogP contribution in [0.15, 0.2) is 24.3 Å². The molecular weight excluding hydrogens is 335 g/mol. The van der Waals surface area contributed by atoms with Crippen LogP contribution in [0.25, 0.3) is 0 Å². The average Bonchev–Trinajstić information content (AvgIpc) is 2.56. The van der Waals surface area contributed by atoms with Gasteiger partial charge in [0.05, 0.1) is 12.1 Å². The highest BCUT2D eigenvalue weighted by atomic mass is 35.5. The van der Waals surface area contributed by atoms with Gasteiger partial charge in [0, 0.05) is 39.3 Å². The van der Waals surface area contributed by atoms with Crippen LogP contribution in [0.2, 0.25) is 0 Å². The maximum Gasteiger partial charge on any atom is 0.254 e. The van der Waals surface area contributed by atoms with Crippen LogP contribution in [-0.2, 0) is 4.79 Å². The smallest absolute Gasteiger partial charge is 0.254 e. The summed E-state index contributed by atoms with van der Waals surface area (Å²) in [6.07, 6.45) is 0. The molecule has 0 aliphatic carbocycles. The second kappa shape index (κ2) is 10.2. The molecule has 0 saturated carbocycles. The summed E-state index contributed by atoms with van der Waals surface area (Å²) in [4.78, 5) is 27.7. The number of piperazine rings is 1. The standard InChI is InChI=1S/C16H23FN4O2.ClH/c1-18-12-15(22)21-10-8-20(9-11-21)7-6-19-16(23)13-4-2-3-5-14(13)17;/h2-5,18H,6-12H2,1H3,(H,19,23);1H. The molecule has 1 aliphatic heterocycles. The third kappa shape index (κ3) is 5.74. The fourth-order valence-electron chi connectivity index (χ4n) is 2.55. The maximum absolute atomic E-state index is 13.5. The number of hydrogen-bond donors (Lipinski definition) is 2. The molecule has 1 aromatic carbocycles. The largest absolute Gasteiger partial charge is 0.351 e. The molecule has 134 valence electrons. The van der Waals surface area contributed by atoms with Crippen molar-refractivity contribution >= 4 is 24.2 Å². The maximum atomic E-state index is 13.5. The lowest BCUT2D eigenvalue weighted by Gasteiger charge is -2.34. The molecule has 1 saturated heterocycles. The Bertz CT molecular complexity index is 551. The molecule has 0 unspecified atom stereocenters. The number of rotatable bonds is 6. The number of likely N-dealkylation sites (N-methyl/N-ethyl adjacent to an activating group) is 1. The Balaban J connectivity index is 0.00000288. The second-order valence-corrected chi connectivity index (χ2v) is 5.49. The fraction of sp³-hybridized carbons (Fsp3) is 0.500. The van der Waals surface area contributed by atoms with Gasteiger partial charge in [-0.05, 0) is 19.2 Å². The van der Waals surface area contributed by atoms with Gasteiger partial charge in [-0.15, -0.1) is 12.4 Å². The highest BCUT2D eigenvalue weighted by molar-refractivity contribution is 5.94. The van der Waals surface area contributed by atoms with Gasteiger partial charge in [-0.3, -0.25) is 14.5 Å². The molecule has 0 bridgehead atoms. The third-order valence-corrected chi connectivity index (χ3v) is 3.89. The molecule has 6 nitrogen and oxygen atoms in total. The van der Waals surface area contributed by atoms with Gasteiger partial charge in [0.25, 0.3) is 5.91 Å². The highest BCUT2D eigenvalue weighted by Gasteiger charge is 2.20. The molecule has 1 heterocycles. The topological polar surface area (TPSA) is 64.7 Å². The molecule has 0 radical (unpaired) electrons. The van der Waals surface area contributed by atoms with Crippen molar-refractivity contribution < 1.29 is 14.0 Å². The van der Waals surface area contributed by atoms with Crippen molar-refractivity contribution in [2.24, 2.45) is 0 Å². The number of carbonyl (C=O) groups is 2. The minimum atomic E-state index is -0.512. The van der Waals surface area contributed by atoms with Crippen LogP contribution in [0.3, 0.4) is 0 Å². The Labute approximate surface area is 147 Å². The number of nitrogens with zero attached hydrogens (tertiary/aromatic N) is 2. The minimum absolute atomic E-state index is 0. The van der Waals surface area contributed by atoms with Crippen molar-refractivity contribution in [3.8, 4) is 0 Å². The summed E-state index contributed by atoms with van der Waals surface area (Å²) in [5, 5.41) is 5.59. The first kappa shape index (κ1) is 20.3. The van der Waals surface area contributed by atoms with Crippen molar-refractivity contribution in [1.82, 2.24) is 20.4 Å². The SMILES string of the molecule is CNCC(=O)N1CCN(CCNC(=O)c2ccccc2F)CC1.Cl. The van der Waals surface area contributed by atoms with Gasteiger partial charge in [0.15, 0.2) is 0 Å². The normalized spacial score (nSPS) is 14.8. The lowest BCUT2D eigenvalue weighted by Crippen LogP contribution is -2.51. The summed E-state index contributed by atoms with van der Waals surface area (Å²) in [7, 11) is 1.76. The van der Waals surface area contributed by atoms with E-state index >= 15 is 0 Å². The van der Waals surface area contributed by atoms with Crippen molar-refractivity contribution in [3.05, 3.63) is 35.6 Å². The number of amides is 2. The number of benzene rings is 1. The van der Waals surface area contributed by atoms with Crippen molar-refractivity contribution in [2.45, 2.75) is 0 Å². The van der Waals surface area contributed by atoms with Crippen molar-refractivity contribution in [1.29, 1.82) is 0 Å². The molecule has 1 aromatic rings. The van der Waals surface area contributed by atoms with Crippen LogP contribution >= 0.6 is 12.4 Å². The summed E-state index contributed by atoms with van der Waals surface area (Å²) < 4.78 is 13.5. The first-order chi connectivity index (χ1) is 11.1. The Hall–Kier alpha value is -1.70. The molecule has 2 rings (SSSR count). The molecule has 1 fully saturated rings. The van der Waals surface area contributed by atoms with Gasteiger partial charge >= 0.3 is 0 Å². The molecule has 0 spiro atoms. The predicted octanol–water partition coefficient (Wildman–Crippen LogP) is 0.341. The Morgan fingerprint density at radius 2 is 1.83 bits per heavy atom. The zero-order chi connectivity index (χ0) is 16.7. The van der Waals surface area contributed by atoms with Crippen LogP contribution in [-0.4, -0.2) is 74.5 Å². The molecule has 2 amide bonds. The number of carbonyl (C=O) groups excluding carboxylic acids is 2. The lowest BCUT2D eigenvalue weighted by molar-refractivity contribution is -0.131. The van der Waals surface area contributed by atoms with Gasteiger partial charge in [-0.2, -0.15) is 0 Å². The number of nitrogens with one attached hydrogen (secondary N) is 2. The van der Waals surface area contributed by atoms with Crippen molar-refractivity contribution in [3.63, 3.8) is 0 Å². The van der Waals surface area contributed by atoms with Gasteiger partial charge in [-0.1, -0.05) is 12.1 Å². The van der Waals surface area contributed by atoms with E-state index in [9.17, 15) is 14.0 Å². The molecule has 24 heavy (non-hydrogen) atoms. The highest BCUT2D eigenvalue weighted by Crippen LogP contribution is 2.06. The zero-order valence-electron chi connectivity index (χ0n) is 13.8.